The highest BCUT2D eigenvalue weighted by Crippen LogP contribution is 2.47. The lowest BCUT2D eigenvalue weighted by Gasteiger charge is -2.15. The molecule has 1 amide bonds. The van der Waals surface area contributed by atoms with Crippen LogP contribution in [0.4, 0.5) is 5.69 Å². The molecular formula is C25H31BN2O9P2. The number of anilines is 1. The Morgan fingerprint density at radius 1 is 0.821 bits per heavy atom. The number of nitrogens with one attached hydrogen (secondary N) is 2. The number of rotatable bonds is 13. The Balaban J connectivity index is 1.69. The molecule has 3 rings (SSSR count). The highest BCUT2D eigenvalue weighted by molar-refractivity contribution is 7.52. The van der Waals surface area contributed by atoms with Crippen molar-refractivity contribution in [3.8, 4) is 0 Å². The van der Waals surface area contributed by atoms with Gasteiger partial charge < -0.3 is 39.5 Å². The van der Waals surface area contributed by atoms with Gasteiger partial charge in [0.05, 0.1) is 12.3 Å². The molecule has 0 spiro atoms. The fraction of sp³-hybridized carbons (Fsp3) is 0.240. The zero-order valence-corrected chi connectivity index (χ0v) is 23.3. The molecule has 0 aliphatic carbocycles. The van der Waals surface area contributed by atoms with Crippen LogP contribution in [0.25, 0.3) is 0 Å². The van der Waals surface area contributed by atoms with Gasteiger partial charge in [0.25, 0.3) is 5.91 Å². The van der Waals surface area contributed by atoms with E-state index in [1.165, 1.54) is 18.2 Å². The van der Waals surface area contributed by atoms with Crippen LogP contribution in [0.3, 0.4) is 0 Å². The summed E-state index contributed by atoms with van der Waals surface area (Å²) in [6, 6.07) is 18.3. The Hall–Kier alpha value is -2.63. The zero-order chi connectivity index (χ0) is 28.6. The fourth-order valence-electron chi connectivity index (χ4n) is 3.87. The first-order valence-electron chi connectivity index (χ1n) is 11.8. The molecule has 3 aromatic carbocycles. The van der Waals surface area contributed by atoms with Gasteiger partial charge in [-0.25, -0.2) is 0 Å². The SMILES string of the molecule is COP(=O)(O)Cc1cc(CP(=O)(O)OC)cc(NC(=O)c2ccc(CNCc3ccccc3B(O)O)cc2)c1. The molecule has 0 fully saturated rings. The van der Waals surface area contributed by atoms with Gasteiger partial charge in [-0.2, -0.15) is 0 Å². The lowest BCUT2D eigenvalue weighted by molar-refractivity contribution is 0.102. The van der Waals surface area contributed by atoms with E-state index in [2.05, 4.69) is 19.7 Å². The first-order chi connectivity index (χ1) is 18.4. The normalized spacial score (nSPS) is 14.3. The van der Waals surface area contributed by atoms with Crippen LogP contribution >= 0.6 is 15.2 Å². The molecule has 0 aliphatic rings. The van der Waals surface area contributed by atoms with Crippen molar-refractivity contribution in [2.24, 2.45) is 0 Å². The third-order valence-electron chi connectivity index (χ3n) is 5.84. The second kappa shape index (κ2) is 13.6. The molecule has 14 heteroatoms. The minimum Gasteiger partial charge on any atom is -0.423 e. The summed E-state index contributed by atoms with van der Waals surface area (Å²) in [7, 11) is -7.21. The van der Waals surface area contributed by atoms with E-state index in [9.17, 15) is 33.8 Å². The minimum absolute atomic E-state index is 0.273. The summed E-state index contributed by atoms with van der Waals surface area (Å²) in [5.41, 5.74) is 3.39. The van der Waals surface area contributed by atoms with Gasteiger partial charge in [0.15, 0.2) is 0 Å². The van der Waals surface area contributed by atoms with E-state index in [1.807, 2.05) is 6.07 Å². The Labute approximate surface area is 227 Å². The van der Waals surface area contributed by atoms with Gasteiger partial charge in [-0.1, -0.05) is 42.5 Å². The van der Waals surface area contributed by atoms with Crippen LogP contribution in [0.15, 0.2) is 66.7 Å². The fourth-order valence-corrected chi connectivity index (χ4v) is 5.42. The summed E-state index contributed by atoms with van der Waals surface area (Å²) < 4.78 is 33.5. The number of carbonyl (C=O) groups excluding carboxylic acids is 1. The molecule has 11 nitrogen and oxygen atoms in total. The molecule has 0 saturated heterocycles. The van der Waals surface area contributed by atoms with Crippen LogP contribution in [-0.4, -0.2) is 47.1 Å². The van der Waals surface area contributed by atoms with E-state index in [0.717, 1.165) is 25.3 Å². The van der Waals surface area contributed by atoms with Crippen molar-refractivity contribution in [3.05, 3.63) is 94.5 Å². The smallest absolute Gasteiger partial charge is 0.423 e. The van der Waals surface area contributed by atoms with Crippen LogP contribution in [0.1, 0.15) is 32.6 Å². The van der Waals surface area contributed by atoms with E-state index >= 15 is 0 Å². The monoisotopic (exact) mass is 576 g/mol. The summed E-state index contributed by atoms with van der Waals surface area (Å²) in [6.45, 7) is 0.896. The lowest BCUT2D eigenvalue weighted by atomic mass is 9.77. The molecule has 0 radical (unpaired) electrons. The Morgan fingerprint density at radius 2 is 1.38 bits per heavy atom. The molecule has 6 N–H and O–H groups in total. The second-order valence-electron chi connectivity index (χ2n) is 8.82. The van der Waals surface area contributed by atoms with Gasteiger partial charge in [-0.3, -0.25) is 13.9 Å². The topological polar surface area (TPSA) is 175 Å². The molecular weight excluding hydrogens is 545 g/mol. The maximum atomic E-state index is 12.9. The molecule has 39 heavy (non-hydrogen) atoms. The first kappa shape index (κ1) is 30.9. The van der Waals surface area contributed by atoms with Gasteiger partial charge in [-0.15, -0.1) is 0 Å². The third kappa shape index (κ3) is 9.51. The van der Waals surface area contributed by atoms with Gasteiger partial charge in [0, 0.05) is 38.6 Å². The summed E-state index contributed by atoms with van der Waals surface area (Å²) >= 11 is 0. The Kier molecular flexibility index (Phi) is 10.8. The van der Waals surface area contributed by atoms with Crippen LogP contribution in [-0.2, 0) is 43.6 Å². The van der Waals surface area contributed by atoms with Crippen molar-refractivity contribution < 1.29 is 42.8 Å². The molecule has 2 atom stereocenters. The minimum atomic E-state index is -3.93. The zero-order valence-electron chi connectivity index (χ0n) is 21.5. The van der Waals surface area contributed by atoms with E-state index in [-0.39, 0.29) is 18.0 Å². The number of amides is 1. The molecule has 0 aromatic heterocycles. The maximum Gasteiger partial charge on any atom is 0.488 e. The summed E-state index contributed by atoms with van der Waals surface area (Å²) in [5.74, 6) is -0.443. The van der Waals surface area contributed by atoms with Crippen molar-refractivity contribution in [1.82, 2.24) is 5.32 Å². The predicted molar refractivity (Wildman–Crippen MR) is 149 cm³/mol. The van der Waals surface area contributed by atoms with Crippen molar-refractivity contribution in [1.29, 1.82) is 0 Å². The van der Waals surface area contributed by atoms with Crippen molar-refractivity contribution >= 4 is 39.4 Å². The van der Waals surface area contributed by atoms with E-state index in [1.54, 1.807) is 42.5 Å². The van der Waals surface area contributed by atoms with E-state index in [4.69, 9.17) is 0 Å². The van der Waals surface area contributed by atoms with Gasteiger partial charge in [-0.05, 0) is 52.0 Å². The summed E-state index contributed by atoms with van der Waals surface area (Å²) in [5, 5.41) is 24.9. The number of carbonyl (C=O) groups is 1. The van der Waals surface area contributed by atoms with Crippen LogP contribution in [0, 0.1) is 0 Å². The molecule has 3 aromatic rings. The van der Waals surface area contributed by atoms with Crippen molar-refractivity contribution in [2.45, 2.75) is 25.4 Å². The molecule has 0 heterocycles. The highest BCUT2D eigenvalue weighted by Gasteiger charge is 2.22. The molecule has 0 saturated carbocycles. The van der Waals surface area contributed by atoms with Crippen LogP contribution in [0.5, 0.6) is 0 Å². The van der Waals surface area contributed by atoms with Gasteiger partial charge in [0.2, 0.25) is 0 Å². The van der Waals surface area contributed by atoms with Crippen molar-refractivity contribution in [2.75, 3.05) is 19.5 Å². The Bertz CT molecular complexity index is 1340. The number of benzene rings is 3. The quantitative estimate of drug-likeness (QED) is 0.131. The maximum absolute atomic E-state index is 12.9. The number of hydrogen-bond acceptors (Lipinski definition) is 8. The summed E-state index contributed by atoms with van der Waals surface area (Å²) in [4.78, 5) is 32.7. The van der Waals surface area contributed by atoms with Gasteiger partial charge in [0.1, 0.15) is 0 Å². The predicted octanol–water partition coefficient (Wildman–Crippen LogP) is 2.57. The molecule has 2 unspecified atom stereocenters. The van der Waals surface area contributed by atoms with Crippen molar-refractivity contribution in [3.63, 3.8) is 0 Å². The van der Waals surface area contributed by atoms with Crippen LogP contribution in [0.2, 0.25) is 0 Å². The summed E-state index contributed by atoms with van der Waals surface area (Å²) in [6.07, 6.45) is -0.710. The lowest BCUT2D eigenvalue weighted by Crippen LogP contribution is -2.34. The van der Waals surface area contributed by atoms with E-state index < -0.39 is 28.2 Å². The first-order valence-corrected chi connectivity index (χ1v) is 15.4. The second-order valence-corrected chi connectivity index (χ2v) is 12.7. The molecule has 208 valence electrons. The average molecular weight is 576 g/mol. The third-order valence-corrected chi connectivity index (χ3v) is 8.51. The number of hydrogen-bond donors (Lipinski definition) is 6. The average Bonchev–Trinajstić information content (AvgIpc) is 2.88. The largest absolute Gasteiger partial charge is 0.488 e. The van der Waals surface area contributed by atoms with Crippen LogP contribution < -0.4 is 16.1 Å². The Morgan fingerprint density at radius 3 is 1.92 bits per heavy atom. The van der Waals surface area contributed by atoms with E-state index in [0.29, 0.717) is 35.2 Å². The standard InChI is InChI=1S/C25H31BN2O9P2/c1-36-38(32,33)16-19-11-20(17-39(34,35)37-2)13-23(12-19)28-25(29)21-9-7-18(8-10-21)14-27-15-22-5-3-4-6-24(22)26(30)31/h3-13,27,30-31H,14-17H2,1-2H3,(H,28,29)(H,32,33)(H,34,35). The highest BCUT2D eigenvalue weighted by atomic mass is 31.2. The van der Waals surface area contributed by atoms with Gasteiger partial charge >= 0.3 is 22.3 Å². The molecule has 0 aliphatic heterocycles. The molecule has 0 bridgehead atoms.